The molecule has 3 N–H and O–H groups in total. The fourth-order valence-corrected chi connectivity index (χ4v) is 2.24. The summed E-state index contributed by atoms with van der Waals surface area (Å²) in [6, 6.07) is 6.12. The van der Waals surface area contributed by atoms with Crippen molar-refractivity contribution in [2.45, 2.75) is 6.42 Å². The number of aliphatic carboxylic acids is 1. The lowest BCUT2D eigenvalue weighted by Gasteiger charge is -2.07. The molecule has 0 aliphatic carbocycles. The summed E-state index contributed by atoms with van der Waals surface area (Å²) in [6.07, 6.45) is 0.193. The summed E-state index contributed by atoms with van der Waals surface area (Å²) in [5.41, 5.74) is 0.974. The van der Waals surface area contributed by atoms with Gasteiger partial charge in [-0.25, -0.2) is 8.42 Å². The van der Waals surface area contributed by atoms with Gasteiger partial charge in [-0.3, -0.25) is 14.3 Å². The van der Waals surface area contributed by atoms with E-state index in [0.717, 1.165) is 5.56 Å². The van der Waals surface area contributed by atoms with E-state index in [1.54, 1.807) is 12.1 Å². The van der Waals surface area contributed by atoms with Crippen LogP contribution in [0.3, 0.4) is 0 Å². The molecule has 0 atom stereocenters. The lowest BCUT2D eigenvalue weighted by atomic mass is 10.1. The molecule has 1 rings (SSSR count). The number of carbonyl (C=O) groups is 2. The molecule has 0 saturated carbocycles. The van der Waals surface area contributed by atoms with Crippen LogP contribution in [0, 0.1) is 0 Å². The molecule has 0 aliphatic rings. The predicted molar refractivity (Wildman–Crippen MR) is 69.3 cm³/mol. The number of sulfonamides is 1. The number of anilines is 1. The molecule has 104 valence electrons. The van der Waals surface area contributed by atoms with E-state index in [2.05, 4.69) is 10.0 Å². The number of benzene rings is 1. The molecule has 0 aromatic heterocycles. The summed E-state index contributed by atoms with van der Waals surface area (Å²) in [6.45, 7) is 0. The third kappa shape index (κ3) is 5.38. The zero-order valence-electron chi connectivity index (χ0n) is 10.2. The average molecular weight is 286 g/mol. The van der Waals surface area contributed by atoms with Gasteiger partial charge < -0.3 is 10.4 Å². The van der Waals surface area contributed by atoms with Crippen LogP contribution >= 0.6 is 0 Å². The van der Waals surface area contributed by atoms with Gasteiger partial charge in [0.05, 0.1) is 6.42 Å². The number of carboxylic acid groups (broad SMARTS) is 1. The van der Waals surface area contributed by atoms with Gasteiger partial charge in [-0.2, -0.15) is 0 Å². The molecular weight excluding hydrogens is 272 g/mol. The van der Waals surface area contributed by atoms with Crippen LogP contribution in [0.2, 0.25) is 0 Å². The van der Waals surface area contributed by atoms with Gasteiger partial charge in [0.15, 0.2) is 5.75 Å². The number of likely N-dealkylation sites (N-methyl/N-ethyl adjacent to an activating group) is 1. The summed E-state index contributed by atoms with van der Waals surface area (Å²) >= 11 is 0. The highest BCUT2D eigenvalue weighted by atomic mass is 32.2. The summed E-state index contributed by atoms with van der Waals surface area (Å²) in [4.78, 5) is 21.5. The van der Waals surface area contributed by atoms with Crippen LogP contribution in [0.5, 0.6) is 0 Å². The predicted octanol–water partition coefficient (Wildman–Crippen LogP) is -0.199. The van der Waals surface area contributed by atoms with Gasteiger partial charge in [-0.1, -0.05) is 12.1 Å². The second kappa shape index (κ2) is 6.19. The highest BCUT2D eigenvalue weighted by Crippen LogP contribution is 2.12. The van der Waals surface area contributed by atoms with Crippen LogP contribution in [-0.2, 0) is 26.0 Å². The number of amides is 1. The lowest BCUT2D eigenvalue weighted by molar-refractivity contribution is -0.134. The van der Waals surface area contributed by atoms with Crippen molar-refractivity contribution in [3.63, 3.8) is 0 Å². The van der Waals surface area contributed by atoms with Crippen LogP contribution < -0.4 is 10.0 Å². The normalized spacial score (nSPS) is 10.8. The fraction of sp³-hybridized carbons (Fsp3) is 0.273. The van der Waals surface area contributed by atoms with Crippen molar-refractivity contribution in [3.8, 4) is 0 Å². The van der Waals surface area contributed by atoms with Crippen LogP contribution in [-0.4, -0.2) is 38.2 Å². The maximum absolute atomic E-state index is 11.4. The van der Waals surface area contributed by atoms with Crippen molar-refractivity contribution < 1.29 is 23.1 Å². The molecule has 1 amide bonds. The van der Waals surface area contributed by atoms with E-state index in [4.69, 9.17) is 5.11 Å². The number of hydrogen-bond donors (Lipinski definition) is 3. The van der Waals surface area contributed by atoms with Crippen LogP contribution in [0.25, 0.3) is 0 Å². The van der Waals surface area contributed by atoms with Crippen molar-refractivity contribution in [1.29, 1.82) is 0 Å². The molecule has 1 aromatic rings. The molecule has 0 heterocycles. The topological polar surface area (TPSA) is 113 Å². The quantitative estimate of drug-likeness (QED) is 0.670. The Bertz CT molecular complexity index is 565. The Kier molecular flexibility index (Phi) is 4.87. The first-order valence-electron chi connectivity index (χ1n) is 5.34. The van der Waals surface area contributed by atoms with E-state index in [1.807, 2.05) is 0 Å². The summed E-state index contributed by atoms with van der Waals surface area (Å²) < 4.78 is 24.9. The molecule has 7 nitrogen and oxygen atoms in total. The van der Waals surface area contributed by atoms with Gasteiger partial charge in [0, 0.05) is 12.7 Å². The highest BCUT2D eigenvalue weighted by Gasteiger charge is 2.15. The Hall–Kier alpha value is -2.09. The average Bonchev–Trinajstić information content (AvgIpc) is 2.29. The minimum absolute atomic E-state index is 0.154. The molecule has 0 radical (unpaired) electrons. The third-order valence-electron chi connectivity index (χ3n) is 2.18. The van der Waals surface area contributed by atoms with Crippen molar-refractivity contribution >= 4 is 27.6 Å². The maximum atomic E-state index is 11.4. The molecule has 0 fully saturated rings. The molecular formula is C11H14N2O5S. The molecule has 0 saturated heterocycles. The third-order valence-corrected chi connectivity index (χ3v) is 3.36. The second-order valence-electron chi connectivity index (χ2n) is 3.80. The van der Waals surface area contributed by atoms with E-state index in [1.165, 1.54) is 19.2 Å². The SMILES string of the molecule is CNC(=O)Cc1ccc(NS(=O)(=O)CC(=O)O)cc1. The van der Waals surface area contributed by atoms with Crippen molar-refractivity contribution in [1.82, 2.24) is 5.32 Å². The molecule has 0 unspecified atom stereocenters. The summed E-state index contributed by atoms with van der Waals surface area (Å²) in [5.74, 6) is -2.57. The standard InChI is InChI=1S/C11H14N2O5S/c1-12-10(14)6-8-2-4-9(5-3-8)13-19(17,18)7-11(15)16/h2-5,13H,6-7H2,1H3,(H,12,14)(H,15,16). The van der Waals surface area contributed by atoms with E-state index in [9.17, 15) is 18.0 Å². The maximum Gasteiger partial charge on any atom is 0.320 e. The lowest BCUT2D eigenvalue weighted by Crippen LogP contribution is -2.22. The Balaban J connectivity index is 2.72. The minimum Gasteiger partial charge on any atom is -0.480 e. The second-order valence-corrected chi connectivity index (χ2v) is 5.52. The van der Waals surface area contributed by atoms with Crippen LogP contribution in [0.15, 0.2) is 24.3 Å². The van der Waals surface area contributed by atoms with Gasteiger partial charge in [0.2, 0.25) is 15.9 Å². The Morgan fingerprint density at radius 2 is 1.79 bits per heavy atom. The van der Waals surface area contributed by atoms with Gasteiger partial charge in [0.25, 0.3) is 0 Å². The largest absolute Gasteiger partial charge is 0.480 e. The number of carboxylic acids is 1. The minimum atomic E-state index is -3.90. The molecule has 0 bridgehead atoms. The van der Waals surface area contributed by atoms with E-state index in [0.29, 0.717) is 0 Å². The molecule has 8 heteroatoms. The zero-order valence-corrected chi connectivity index (χ0v) is 11.0. The van der Waals surface area contributed by atoms with Crippen LogP contribution in [0.4, 0.5) is 5.69 Å². The van der Waals surface area contributed by atoms with Gasteiger partial charge >= 0.3 is 5.97 Å². The smallest absolute Gasteiger partial charge is 0.320 e. The van der Waals surface area contributed by atoms with E-state index in [-0.39, 0.29) is 18.0 Å². The van der Waals surface area contributed by atoms with E-state index < -0.39 is 21.7 Å². The van der Waals surface area contributed by atoms with Crippen molar-refractivity contribution in [3.05, 3.63) is 29.8 Å². The number of rotatable bonds is 6. The molecule has 1 aromatic carbocycles. The molecule has 0 aliphatic heterocycles. The first kappa shape index (κ1) is 15.0. The zero-order chi connectivity index (χ0) is 14.5. The monoisotopic (exact) mass is 286 g/mol. The van der Waals surface area contributed by atoms with Crippen LogP contribution in [0.1, 0.15) is 5.56 Å². The molecule has 0 spiro atoms. The van der Waals surface area contributed by atoms with E-state index >= 15 is 0 Å². The highest BCUT2D eigenvalue weighted by molar-refractivity contribution is 7.93. The first-order chi connectivity index (χ1) is 8.82. The van der Waals surface area contributed by atoms with Gasteiger partial charge in [-0.05, 0) is 17.7 Å². The molecule has 19 heavy (non-hydrogen) atoms. The number of carbonyl (C=O) groups excluding carboxylic acids is 1. The first-order valence-corrected chi connectivity index (χ1v) is 6.99. The fourth-order valence-electron chi connectivity index (χ4n) is 1.34. The van der Waals surface area contributed by atoms with Crippen molar-refractivity contribution in [2.24, 2.45) is 0 Å². The Morgan fingerprint density at radius 3 is 2.26 bits per heavy atom. The van der Waals surface area contributed by atoms with Gasteiger partial charge in [-0.15, -0.1) is 0 Å². The van der Waals surface area contributed by atoms with Crippen molar-refractivity contribution in [2.75, 3.05) is 17.5 Å². The number of nitrogens with one attached hydrogen (secondary N) is 2. The Labute approximate surface area is 110 Å². The summed E-state index contributed by atoms with van der Waals surface area (Å²) in [5, 5.41) is 10.9. The Morgan fingerprint density at radius 1 is 1.21 bits per heavy atom. The number of hydrogen-bond acceptors (Lipinski definition) is 4. The van der Waals surface area contributed by atoms with Gasteiger partial charge in [0.1, 0.15) is 0 Å². The summed E-state index contributed by atoms with van der Waals surface area (Å²) in [7, 11) is -2.38.